The monoisotopic (exact) mass is 370 g/mol. The highest BCUT2D eigenvalue weighted by Gasteiger charge is 2.61. The first-order chi connectivity index (χ1) is 12.8. The smallest absolute Gasteiger partial charge is 0.302 e. The fourth-order valence-electron chi connectivity index (χ4n) is 7.50. The maximum atomic E-state index is 12.1. The fourth-order valence-corrected chi connectivity index (χ4v) is 7.50. The van der Waals surface area contributed by atoms with Crippen LogP contribution < -0.4 is 0 Å². The highest BCUT2D eigenvalue weighted by atomic mass is 16.5. The van der Waals surface area contributed by atoms with Crippen molar-refractivity contribution in [3.8, 4) is 0 Å². The van der Waals surface area contributed by atoms with Gasteiger partial charge < -0.3 is 4.74 Å². The summed E-state index contributed by atoms with van der Waals surface area (Å²) in [5.41, 5.74) is 1.69. The van der Waals surface area contributed by atoms with Gasteiger partial charge in [0.05, 0.1) is 0 Å². The van der Waals surface area contributed by atoms with Crippen molar-refractivity contribution in [3.63, 3.8) is 0 Å². The van der Waals surface area contributed by atoms with Crippen LogP contribution in [0.15, 0.2) is 24.3 Å². The Morgan fingerprint density at radius 2 is 2.04 bits per heavy atom. The summed E-state index contributed by atoms with van der Waals surface area (Å²) in [6.45, 7) is 10.4. The molecule has 3 nitrogen and oxygen atoms in total. The Labute approximate surface area is 163 Å². The number of carbonyl (C=O) groups excluding carboxylic acids is 2. The van der Waals surface area contributed by atoms with E-state index in [1.807, 2.05) is 6.08 Å². The average Bonchev–Trinajstić information content (AvgIpc) is 2.92. The van der Waals surface area contributed by atoms with E-state index in [1.165, 1.54) is 12.0 Å². The lowest BCUT2D eigenvalue weighted by atomic mass is 9.44. The Morgan fingerprint density at radius 1 is 1.26 bits per heavy atom. The highest BCUT2D eigenvalue weighted by molar-refractivity contribution is 5.91. The summed E-state index contributed by atoms with van der Waals surface area (Å²) in [5.74, 6) is 2.65. The summed E-state index contributed by atoms with van der Waals surface area (Å²) >= 11 is 0. The molecule has 0 aromatic rings. The average molecular weight is 371 g/mol. The van der Waals surface area contributed by atoms with Gasteiger partial charge in [-0.2, -0.15) is 0 Å². The molecule has 0 spiro atoms. The third-order valence-electron chi connectivity index (χ3n) is 8.83. The molecule has 148 valence electrons. The van der Waals surface area contributed by atoms with Gasteiger partial charge in [0.15, 0.2) is 5.78 Å². The van der Waals surface area contributed by atoms with Crippen molar-refractivity contribution in [2.45, 2.75) is 78.2 Å². The molecule has 0 bridgehead atoms. The number of ether oxygens (including phenoxy) is 1. The highest BCUT2D eigenvalue weighted by Crippen LogP contribution is 2.67. The number of hydrogen-bond donors (Lipinski definition) is 0. The van der Waals surface area contributed by atoms with Crippen LogP contribution in [0.2, 0.25) is 0 Å². The van der Waals surface area contributed by atoms with Crippen LogP contribution in [-0.4, -0.2) is 17.9 Å². The van der Waals surface area contributed by atoms with Crippen LogP contribution >= 0.6 is 0 Å². The Hall–Kier alpha value is -1.38. The molecule has 0 N–H and O–H groups in total. The van der Waals surface area contributed by atoms with Crippen LogP contribution in [0, 0.1) is 34.5 Å². The van der Waals surface area contributed by atoms with Gasteiger partial charge in [-0.15, -0.1) is 6.58 Å². The topological polar surface area (TPSA) is 43.4 Å². The van der Waals surface area contributed by atoms with Crippen molar-refractivity contribution >= 4 is 11.8 Å². The van der Waals surface area contributed by atoms with E-state index in [1.54, 1.807) is 6.92 Å². The molecule has 0 aliphatic heterocycles. The number of ketones is 1. The van der Waals surface area contributed by atoms with Gasteiger partial charge in [-0.1, -0.05) is 25.5 Å². The normalized spacial score (nSPS) is 46.0. The second kappa shape index (κ2) is 6.60. The molecule has 27 heavy (non-hydrogen) atoms. The minimum absolute atomic E-state index is 0.0722. The van der Waals surface area contributed by atoms with Crippen molar-refractivity contribution in [1.29, 1.82) is 0 Å². The number of allylic oxidation sites excluding steroid dienone is 2. The van der Waals surface area contributed by atoms with Crippen LogP contribution in [-0.2, 0) is 14.3 Å². The Balaban J connectivity index is 1.71. The first kappa shape index (κ1) is 19.0. The lowest BCUT2D eigenvalue weighted by molar-refractivity contribution is -0.158. The van der Waals surface area contributed by atoms with Crippen LogP contribution in [0.5, 0.6) is 0 Å². The van der Waals surface area contributed by atoms with Gasteiger partial charge in [-0.25, -0.2) is 0 Å². The number of esters is 1. The van der Waals surface area contributed by atoms with Crippen molar-refractivity contribution in [3.05, 3.63) is 24.3 Å². The number of fused-ring (bicyclic) bond motifs is 5. The van der Waals surface area contributed by atoms with Crippen LogP contribution in [0.1, 0.15) is 72.1 Å². The summed E-state index contributed by atoms with van der Waals surface area (Å²) in [6.07, 6.45) is 12.4. The molecule has 4 aliphatic rings. The van der Waals surface area contributed by atoms with Crippen molar-refractivity contribution in [2.24, 2.45) is 34.5 Å². The third kappa shape index (κ3) is 2.84. The molecule has 3 heteroatoms. The summed E-state index contributed by atoms with van der Waals surface area (Å²) in [6, 6.07) is 0. The Morgan fingerprint density at radius 3 is 2.74 bits per heavy atom. The van der Waals surface area contributed by atoms with E-state index in [4.69, 9.17) is 4.74 Å². The van der Waals surface area contributed by atoms with Gasteiger partial charge >= 0.3 is 5.97 Å². The lowest BCUT2D eigenvalue weighted by Crippen LogP contribution is -2.54. The molecule has 0 saturated heterocycles. The zero-order chi connectivity index (χ0) is 19.4. The predicted molar refractivity (Wildman–Crippen MR) is 106 cm³/mol. The third-order valence-corrected chi connectivity index (χ3v) is 8.83. The summed E-state index contributed by atoms with van der Waals surface area (Å²) in [4.78, 5) is 23.8. The van der Waals surface area contributed by atoms with Gasteiger partial charge in [0, 0.05) is 18.8 Å². The largest absolute Gasteiger partial charge is 0.462 e. The summed E-state index contributed by atoms with van der Waals surface area (Å²) in [7, 11) is 0. The molecule has 0 radical (unpaired) electrons. The molecular weight excluding hydrogens is 336 g/mol. The van der Waals surface area contributed by atoms with Crippen LogP contribution in [0.25, 0.3) is 0 Å². The van der Waals surface area contributed by atoms with E-state index in [9.17, 15) is 9.59 Å². The van der Waals surface area contributed by atoms with E-state index in [2.05, 4.69) is 26.5 Å². The zero-order valence-corrected chi connectivity index (χ0v) is 17.1. The van der Waals surface area contributed by atoms with E-state index in [-0.39, 0.29) is 22.9 Å². The number of hydrogen-bond acceptors (Lipinski definition) is 3. The minimum Gasteiger partial charge on any atom is -0.462 e. The molecule has 0 unspecified atom stereocenters. The first-order valence-electron chi connectivity index (χ1n) is 10.8. The van der Waals surface area contributed by atoms with Gasteiger partial charge in [0.2, 0.25) is 0 Å². The molecule has 0 amide bonds. The van der Waals surface area contributed by atoms with E-state index in [0.29, 0.717) is 35.9 Å². The minimum atomic E-state index is -0.141. The SMILES string of the molecule is C=CC[C@@H]1CC2=CC(=O)CC[C@]2(C)[C@H]2CC[C@]3(C)[C@@H](OC(C)=O)CC[C@H]3[C@H]12. The quantitative estimate of drug-likeness (QED) is 0.503. The zero-order valence-electron chi connectivity index (χ0n) is 17.1. The van der Waals surface area contributed by atoms with Gasteiger partial charge in [0.25, 0.3) is 0 Å². The Kier molecular flexibility index (Phi) is 4.63. The summed E-state index contributed by atoms with van der Waals surface area (Å²) < 4.78 is 5.79. The second-order valence-electron chi connectivity index (χ2n) is 10.1. The molecular formula is C24H34O3. The van der Waals surface area contributed by atoms with Crippen LogP contribution in [0.4, 0.5) is 0 Å². The van der Waals surface area contributed by atoms with Crippen molar-refractivity contribution < 1.29 is 14.3 Å². The van der Waals surface area contributed by atoms with Crippen molar-refractivity contribution in [2.75, 3.05) is 0 Å². The molecule has 4 aliphatic carbocycles. The van der Waals surface area contributed by atoms with Crippen molar-refractivity contribution in [1.82, 2.24) is 0 Å². The van der Waals surface area contributed by atoms with E-state index >= 15 is 0 Å². The fraction of sp³-hybridized carbons (Fsp3) is 0.750. The number of rotatable bonds is 3. The van der Waals surface area contributed by atoms with E-state index in [0.717, 1.165) is 38.5 Å². The first-order valence-corrected chi connectivity index (χ1v) is 10.8. The maximum Gasteiger partial charge on any atom is 0.302 e. The second-order valence-corrected chi connectivity index (χ2v) is 10.1. The molecule has 3 fully saturated rings. The lowest BCUT2D eigenvalue weighted by Gasteiger charge is -2.60. The van der Waals surface area contributed by atoms with E-state index < -0.39 is 0 Å². The molecule has 0 aromatic heterocycles. The Bertz CT molecular complexity index is 692. The molecule has 0 aromatic carbocycles. The predicted octanol–water partition coefficient (Wildman–Crippen LogP) is 5.25. The molecule has 4 rings (SSSR count). The number of carbonyl (C=O) groups is 2. The standard InChI is InChI=1S/C24H34O3/c1-5-6-16-13-17-14-18(26)9-11-23(17,3)20-10-12-24(4)19(22(16)20)7-8-21(24)27-15(2)25/h5,14,16,19-22H,1,6-13H2,2-4H3/t16-,19+,20+,21+,22+,23+,24+/m1/s1. The van der Waals surface area contributed by atoms with Gasteiger partial charge in [-0.3, -0.25) is 9.59 Å². The molecule has 3 saturated carbocycles. The molecule has 0 heterocycles. The summed E-state index contributed by atoms with van der Waals surface area (Å²) in [5, 5.41) is 0. The van der Waals surface area contributed by atoms with Crippen LogP contribution in [0.3, 0.4) is 0 Å². The van der Waals surface area contributed by atoms with Gasteiger partial charge in [-0.05, 0) is 80.1 Å². The van der Waals surface area contributed by atoms with Gasteiger partial charge in [0.1, 0.15) is 6.10 Å². The molecule has 7 atom stereocenters. The maximum absolute atomic E-state index is 12.1.